The van der Waals surface area contributed by atoms with E-state index in [-0.39, 0.29) is 18.6 Å². The Morgan fingerprint density at radius 3 is 2.65 bits per heavy atom. The maximum Gasteiger partial charge on any atom is 0.315 e. The second-order valence-corrected chi connectivity index (χ2v) is 5.98. The van der Waals surface area contributed by atoms with Gasteiger partial charge in [-0.15, -0.1) is 0 Å². The molecule has 0 radical (unpaired) electrons. The molecule has 110 valence electrons. The normalized spacial score (nSPS) is 24.9. The molecule has 1 aliphatic carbocycles. The van der Waals surface area contributed by atoms with Gasteiger partial charge < -0.3 is 15.7 Å². The topological polar surface area (TPSA) is 61.4 Å². The second kappa shape index (κ2) is 6.27. The van der Waals surface area contributed by atoms with Gasteiger partial charge in [0.15, 0.2) is 0 Å². The zero-order chi connectivity index (χ0) is 14.6. The van der Waals surface area contributed by atoms with Crippen LogP contribution >= 0.6 is 0 Å². The van der Waals surface area contributed by atoms with Crippen LogP contribution in [0, 0.1) is 5.92 Å². The summed E-state index contributed by atoms with van der Waals surface area (Å²) in [5, 5.41) is 16.2. The van der Waals surface area contributed by atoms with E-state index in [1.165, 1.54) is 12.8 Å². The molecule has 0 aliphatic heterocycles. The first kappa shape index (κ1) is 14.9. The van der Waals surface area contributed by atoms with Crippen molar-refractivity contribution in [2.24, 2.45) is 5.92 Å². The zero-order valence-corrected chi connectivity index (χ0v) is 12.2. The van der Waals surface area contributed by atoms with Gasteiger partial charge >= 0.3 is 6.03 Å². The van der Waals surface area contributed by atoms with Crippen LogP contribution in [0.4, 0.5) is 4.79 Å². The lowest BCUT2D eigenvalue weighted by molar-refractivity contribution is 0.0592. The summed E-state index contributed by atoms with van der Waals surface area (Å²) in [5.41, 5.74) is -0.255. The van der Waals surface area contributed by atoms with Gasteiger partial charge in [-0.2, -0.15) is 0 Å². The Labute approximate surface area is 120 Å². The van der Waals surface area contributed by atoms with Crippen LogP contribution in [0.15, 0.2) is 30.3 Å². The summed E-state index contributed by atoms with van der Waals surface area (Å²) in [6.07, 6.45) is 3.39. The van der Waals surface area contributed by atoms with Crippen molar-refractivity contribution in [3.05, 3.63) is 35.9 Å². The van der Waals surface area contributed by atoms with Gasteiger partial charge in [-0.3, -0.25) is 0 Å². The number of benzene rings is 1. The third-order valence-corrected chi connectivity index (χ3v) is 4.17. The minimum absolute atomic E-state index is 0.194. The lowest BCUT2D eigenvalue weighted by Gasteiger charge is -2.25. The SMILES string of the molecule is C[C@@H]1CCC[C@@H]1NC(=O)NC[C@@](C)(O)c1ccccc1. The lowest BCUT2D eigenvalue weighted by atomic mass is 9.96. The Balaban J connectivity index is 1.83. The molecule has 0 spiro atoms. The number of nitrogens with one attached hydrogen (secondary N) is 2. The van der Waals surface area contributed by atoms with Gasteiger partial charge in [0.25, 0.3) is 0 Å². The highest BCUT2D eigenvalue weighted by Gasteiger charge is 2.27. The van der Waals surface area contributed by atoms with Crippen molar-refractivity contribution in [3.8, 4) is 0 Å². The van der Waals surface area contributed by atoms with Crippen LogP contribution in [0.5, 0.6) is 0 Å². The van der Waals surface area contributed by atoms with Gasteiger partial charge in [0, 0.05) is 6.04 Å². The molecule has 0 unspecified atom stereocenters. The van der Waals surface area contributed by atoms with Crippen molar-refractivity contribution < 1.29 is 9.90 Å². The van der Waals surface area contributed by atoms with E-state index in [0.29, 0.717) is 5.92 Å². The number of carbonyl (C=O) groups is 1. The van der Waals surface area contributed by atoms with Gasteiger partial charge in [-0.05, 0) is 31.2 Å². The first-order valence-corrected chi connectivity index (χ1v) is 7.31. The molecule has 4 nitrogen and oxygen atoms in total. The molecule has 1 aliphatic rings. The van der Waals surface area contributed by atoms with Gasteiger partial charge in [0.2, 0.25) is 0 Å². The standard InChI is InChI=1S/C16H24N2O2/c1-12-7-6-10-14(12)18-15(19)17-11-16(2,20)13-8-4-3-5-9-13/h3-5,8-9,12,14,20H,6-7,10-11H2,1-2H3,(H2,17,18,19)/t12-,14+,16-/m1/s1. The van der Waals surface area contributed by atoms with E-state index in [9.17, 15) is 9.90 Å². The van der Waals surface area contributed by atoms with Crippen LogP contribution in [0.2, 0.25) is 0 Å². The molecule has 1 aromatic carbocycles. The van der Waals surface area contributed by atoms with Crippen LogP contribution in [-0.2, 0) is 5.60 Å². The molecule has 1 fully saturated rings. The number of amides is 2. The summed E-state index contributed by atoms with van der Waals surface area (Å²) in [6.45, 7) is 4.07. The Morgan fingerprint density at radius 2 is 2.05 bits per heavy atom. The maximum atomic E-state index is 11.9. The monoisotopic (exact) mass is 276 g/mol. The number of urea groups is 1. The van der Waals surface area contributed by atoms with Crippen LogP contribution in [0.3, 0.4) is 0 Å². The number of rotatable bonds is 4. The Hall–Kier alpha value is -1.55. The number of hydrogen-bond acceptors (Lipinski definition) is 2. The van der Waals surface area contributed by atoms with E-state index in [1.54, 1.807) is 6.92 Å². The molecule has 1 aromatic rings. The summed E-state index contributed by atoms with van der Waals surface area (Å²) in [4.78, 5) is 11.9. The third kappa shape index (κ3) is 3.73. The highest BCUT2D eigenvalue weighted by molar-refractivity contribution is 5.74. The summed E-state index contributed by atoms with van der Waals surface area (Å²) in [6, 6.07) is 9.45. The highest BCUT2D eigenvalue weighted by atomic mass is 16.3. The molecule has 3 atom stereocenters. The Morgan fingerprint density at radius 1 is 1.35 bits per heavy atom. The fourth-order valence-electron chi connectivity index (χ4n) is 2.73. The van der Waals surface area contributed by atoms with E-state index in [2.05, 4.69) is 17.6 Å². The van der Waals surface area contributed by atoms with Gasteiger partial charge in [0.05, 0.1) is 6.54 Å². The van der Waals surface area contributed by atoms with Crippen molar-refractivity contribution in [1.29, 1.82) is 0 Å². The highest BCUT2D eigenvalue weighted by Crippen LogP contribution is 2.24. The van der Waals surface area contributed by atoms with Gasteiger partial charge in [0.1, 0.15) is 5.60 Å². The maximum absolute atomic E-state index is 11.9. The average molecular weight is 276 g/mol. The summed E-state index contributed by atoms with van der Waals surface area (Å²) >= 11 is 0. The smallest absolute Gasteiger partial charge is 0.315 e. The Kier molecular flexibility index (Phi) is 4.65. The number of hydrogen-bond donors (Lipinski definition) is 3. The van der Waals surface area contributed by atoms with E-state index in [0.717, 1.165) is 12.0 Å². The molecular formula is C16H24N2O2. The summed E-state index contributed by atoms with van der Waals surface area (Å²) < 4.78 is 0. The van der Waals surface area contributed by atoms with Crippen LogP contribution < -0.4 is 10.6 Å². The molecule has 0 saturated heterocycles. The van der Waals surface area contributed by atoms with E-state index in [4.69, 9.17) is 0 Å². The van der Waals surface area contributed by atoms with Crippen molar-refractivity contribution in [3.63, 3.8) is 0 Å². The van der Waals surface area contributed by atoms with Gasteiger partial charge in [-0.1, -0.05) is 43.7 Å². The predicted molar refractivity (Wildman–Crippen MR) is 79.4 cm³/mol. The van der Waals surface area contributed by atoms with Crippen molar-refractivity contribution in [2.45, 2.75) is 44.8 Å². The molecule has 4 heteroatoms. The molecule has 20 heavy (non-hydrogen) atoms. The van der Waals surface area contributed by atoms with Crippen LogP contribution in [0.1, 0.15) is 38.7 Å². The lowest BCUT2D eigenvalue weighted by Crippen LogP contribution is -2.47. The number of carbonyl (C=O) groups excluding carboxylic acids is 1. The van der Waals surface area contributed by atoms with Crippen LogP contribution in [-0.4, -0.2) is 23.7 Å². The molecular weight excluding hydrogens is 252 g/mol. The fraction of sp³-hybridized carbons (Fsp3) is 0.562. The molecule has 2 rings (SSSR count). The zero-order valence-electron chi connectivity index (χ0n) is 12.2. The molecule has 0 aromatic heterocycles. The fourth-order valence-corrected chi connectivity index (χ4v) is 2.73. The van der Waals surface area contributed by atoms with Crippen molar-refractivity contribution in [1.82, 2.24) is 10.6 Å². The Bertz CT molecular complexity index is 445. The molecule has 1 saturated carbocycles. The van der Waals surface area contributed by atoms with E-state index in [1.807, 2.05) is 30.3 Å². The molecule has 3 N–H and O–H groups in total. The quantitative estimate of drug-likeness (QED) is 0.790. The van der Waals surface area contributed by atoms with Crippen LogP contribution in [0.25, 0.3) is 0 Å². The van der Waals surface area contributed by atoms with Crippen molar-refractivity contribution in [2.75, 3.05) is 6.54 Å². The minimum atomic E-state index is -1.06. The first-order chi connectivity index (χ1) is 9.49. The largest absolute Gasteiger partial charge is 0.384 e. The van der Waals surface area contributed by atoms with Crippen molar-refractivity contribution >= 4 is 6.03 Å². The predicted octanol–water partition coefficient (Wildman–Crippen LogP) is 2.38. The number of aliphatic hydroxyl groups is 1. The minimum Gasteiger partial charge on any atom is -0.384 e. The molecule has 2 amide bonds. The average Bonchev–Trinajstić information content (AvgIpc) is 2.83. The van der Waals surface area contributed by atoms with E-state index >= 15 is 0 Å². The third-order valence-electron chi connectivity index (χ3n) is 4.17. The first-order valence-electron chi connectivity index (χ1n) is 7.31. The van der Waals surface area contributed by atoms with Gasteiger partial charge in [-0.25, -0.2) is 4.79 Å². The summed E-state index contributed by atoms with van der Waals surface area (Å²) in [7, 11) is 0. The molecule has 0 bridgehead atoms. The second-order valence-electron chi connectivity index (χ2n) is 5.98. The van der Waals surface area contributed by atoms with E-state index < -0.39 is 5.60 Å². The molecule has 0 heterocycles. The summed E-state index contributed by atoms with van der Waals surface area (Å²) in [5.74, 6) is 0.537.